The summed E-state index contributed by atoms with van der Waals surface area (Å²) in [5.41, 5.74) is 1.67. The van der Waals surface area contributed by atoms with E-state index >= 15 is 0 Å². The zero-order valence-corrected chi connectivity index (χ0v) is 14.0. The molecule has 0 spiro atoms. The van der Waals surface area contributed by atoms with E-state index in [0.717, 1.165) is 5.56 Å². The molecule has 0 radical (unpaired) electrons. The first-order valence-electron chi connectivity index (χ1n) is 7.04. The maximum Gasteiger partial charge on any atom is 0.355 e. The van der Waals surface area contributed by atoms with Gasteiger partial charge in [-0.3, -0.25) is 0 Å². The highest BCUT2D eigenvalue weighted by Gasteiger charge is 2.11. The molecule has 0 saturated carbocycles. The van der Waals surface area contributed by atoms with E-state index in [1.54, 1.807) is 18.2 Å². The average Bonchev–Trinajstić information content (AvgIpc) is 3.04. The van der Waals surface area contributed by atoms with Gasteiger partial charge in [-0.05, 0) is 23.8 Å². The molecule has 3 rings (SSSR count). The van der Waals surface area contributed by atoms with Crippen molar-refractivity contribution >= 4 is 39.7 Å². The van der Waals surface area contributed by atoms with Crippen molar-refractivity contribution in [2.75, 3.05) is 5.32 Å². The molecule has 0 fully saturated rings. The fraction of sp³-hybridized carbons (Fsp3) is 0.0588. The summed E-state index contributed by atoms with van der Waals surface area (Å²) < 4.78 is 5.84. The molecular formula is C17H13ClN2O3S. The minimum absolute atomic E-state index is 0.00344. The van der Waals surface area contributed by atoms with Crippen LogP contribution < -0.4 is 10.1 Å². The van der Waals surface area contributed by atoms with Gasteiger partial charge in [0.15, 0.2) is 10.8 Å². The second kappa shape index (κ2) is 7.33. The summed E-state index contributed by atoms with van der Waals surface area (Å²) in [6.45, 7) is 0.412. The molecular weight excluding hydrogens is 348 g/mol. The molecule has 1 heterocycles. The number of nitrogens with zero attached hydrogens (tertiary/aromatic N) is 1. The van der Waals surface area contributed by atoms with Gasteiger partial charge in [-0.25, -0.2) is 9.78 Å². The van der Waals surface area contributed by atoms with Crippen molar-refractivity contribution in [3.8, 4) is 5.75 Å². The van der Waals surface area contributed by atoms with Crippen LogP contribution in [0.2, 0.25) is 5.02 Å². The lowest BCUT2D eigenvalue weighted by Gasteiger charge is -2.12. The molecule has 0 atom stereocenters. The van der Waals surface area contributed by atoms with Crippen LogP contribution in [0.3, 0.4) is 0 Å². The minimum Gasteiger partial charge on any atom is -0.487 e. The summed E-state index contributed by atoms with van der Waals surface area (Å²) >= 11 is 7.25. The number of hydrogen-bond acceptors (Lipinski definition) is 5. The lowest BCUT2D eigenvalue weighted by Crippen LogP contribution is -2.00. The lowest BCUT2D eigenvalue weighted by atomic mass is 10.2. The van der Waals surface area contributed by atoms with E-state index in [9.17, 15) is 4.79 Å². The Morgan fingerprint density at radius 1 is 1.25 bits per heavy atom. The van der Waals surface area contributed by atoms with E-state index in [-0.39, 0.29) is 5.69 Å². The Bertz CT molecular complexity index is 852. The monoisotopic (exact) mass is 360 g/mol. The van der Waals surface area contributed by atoms with E-state index in [2.05, 4.69) is 10.3 Å². The van der Waals surface area contributed by atoms with Gasteiger partial charge in [-0.1, -0.05) is 41.9 Å². The molecule has 2 N–H and O–H groups in total. The molecule has 7 heteroatoms. The number of aromatic nitrogens is 1. The number of benzene rings is 2. The molecule has 0 saturated heterocycles. The molecule has 3 aromatic rings. The van der Waals surface area contributed by atoms with Crippen molar-refractivity contribution in [2.45, 2.75) is 6.61 Å². The minimum atomic E-state index is -1.06. The maximum absolute atomic E-state index is 10.9. The number of nitrogens with one attached hydrogen (secondary N) is 1. The molecule has 2 aromatic carbocycles. The van der Waals surface area contributed by atoms with Crippen molar-refractivity contribution in [1.29, 1.82) is 0 Å². The smallest absolute Gasteiger partial charge is 0.355 e. The largest absolute Gasteiger partial charge is 0.487 e. The van der Waals surface area contributed by atoms with Crippen LogP contribution >= 0.6 is 22.9 Å². The number of aromatic carboxylic acids is 1. The molecule has 0 unspecified atom stereocenters. The zero-order valence-electron chi connectivity index (χ0n) is 12.4. The number of carbonyl (C=O) groups is 1. The molecule has 0 amide bonds. The standard InChI is InChI=1S/C17H13ClN2O3S/c18-12-6-7-15(23-9-11-4-2-1-3-5-11)13(8-12)19-17-20-14(10-24-17)16(21)22/h1-8,10H,9H2,(H,19,20)(H,21,22). The van der Waals surface area contributed by atoms with Gasteiger partial charge in [0.1, 0.15) is 12.4 Å². The molecule has 122 valence electrons. The third-order valence-electron chi connectivity index (χ3n) is 3.14. The second-order valence-corrected chi connectivity index (χ2v) is 6.18. The van der Waals surface area contributed by atoms with E-state index in [1.165, 1.54) is 16.7 Å². The van der Waals surface area contributed by atoms with E-state index < -0.39 is 5.97 Å². The third-order valence-corrected chi connectivity index (χ3v) is 4.14. The van der Waals surface area contributed by atoms with Gasteiger partial charge in [0.2, 0.25) is 0 Å². The third kappa shape index (κ3) is 4.04. The van der Waals surface area contributed by atoms with E-state index in [4.69, 9.17) is 21.4 Å². The highest BCUT2D eigenvalue weighted by molar-refractivity contribution is 7.14. The number of carboxylic acid groups (broad SMARTS) is 1. The Kier molecular flexibility index (Phi) is 4.98. The van der Waals surface area contributed by atoms with Crippen LogP contribution in [0, 0.1) is 0 Å². The highest BCUT2D eigenvalue weighted by Crippen LogP contribution is 2.32. The normalized spacial score (nSPS) is 10.4. The highest BCUT2D eigenvalue weighted by atomic mass is 35.5. The predicted molar refractivity (Wildman–Crippen MR) is 94.6 cm³/mol. The first-order chi connectivity index (χ1) is 11.6. The second-order valence-electron chi connectivity index (χ2n) is 4.88. The van der Waals surface area contributed by atoms with Gasteiger partial charge in [0.25, 0.3) is 0 Å². The van der Waals surface area contributed by atoms with Gasteiger partial charge in [-0.15, -0.1) is 11.3 Å². The van der Waals surface area contributed by atoms with Crippen LogP contribution in [-0.2, 0) is 6.61 Å². The van der Waals surface area contributed by atoms with E-state index in [1.807, 2.05) is 30.3 Å². The molecule has 5 nitrogen and oxygen atoms in total. The summed E-state index contributed by atoms with van der Waals surface area (Å²) in [6, 6.07) is 15.0. The number of carboxylic acids is 1. The summed E-state index contributed by atoms with van der Waals surface area (Å²) in [5.74, 6) is -0.457. The lowest BCUT2D eigenvalue weighted by molar-refractivity contribution is 0.0691. The Hall–Kier alpha value is -2.57. The fourth-order valence-corrected chi connectivity index (χ4v) is 2.87. The summed E-state index contributed by atoms with van der Waals surface area (Å²) in [6.07, 6.45) is 0. The molecule has 0 aliphatic rings. The fourth-order valence-electron chi connectivity index (χ4n) is 2.01. The van der Waals surface area contributed by atoms with Gasteiger partial charge in [-0.2, -0.15) is 0 Å². The first kappa shape index (κ1) is 16.3. The van der Waals surface area contributed by atoms with Crippen molar-refractivity contribution in [3.63, 3.8) is 0 Å². The average molecular weight is 361 g/mol. The van der Waals surface area contributed by atoms with Crippen LogP contribution in [-0.4, -0.2) is 16.1 Å². The Morgan fingerprint density at radius 3 is 2.75 bits per heavy atom. The van der Waals surface area contributed by atoms with Gasteiger partial charge in [0.05, 0.1) is 5.69 Å². The summed E-state index contributed by atoms with van der Waals surface area (Å²) in [4.78, 5) is 14.9. The van der Waals surface area contributed by atoms with Crippen molar-refractivity contribution < 1.29 is 14.6 Å². The summed E-state index contributed by atoms with van der Waals surface area (Å²) in [7, 11) is 0. The van der Waals surface area contributed by atoms with Crippen molar-refractivity contribution in [3.05, 3.63) is 70.2 Å². The number of anilines is 2. The number of hydrogen-bond donors (Lipinski definition) is 2. The Morgan fingerprint density at radius 2 is 2.04 bits per heavy atom. The van der Waals surface area contributed by atoms with Gasteiger partial charge < -0.3 is 15.2 Å². The first-order valence-corrected chi connectivity index (χ1v) is 8.30. The molecule has 1 aromatic heterocycles. The summed E-state index contributed by atoms with van der Waals surface area (Å²) in [5, 5.41) is 14.5. The van der Waals surface area contributed by atoms with Crippen LogP contribution in [0.1, 0.15) is 16.1 Å². The Balaban J connectivity index is 1.78. The van der Waals surface area contributed by atoms with Crippen LogP contribution in [0.4, 0.5) is 10.8 Å². The number of thiazole rings is 1. The number of ether oxygens (including phenoxy) is 1. The van der Waals surface area contributed by atoms with Gasteiger partial charge in [0, 0.05) is 10.4 Å². The number of halogens is 1. The molecule has 24 heavy (non-hydrogen) atoms. The quantitative estimate of drug-likeness (QED) is 0.659. The van der Waals surface area contributed by atoms with Crippen molar-refractivity contribution in [1.82, 2.24) is 4.98 Å². The maximum atomic E-state index is 10.9. The Labute approximate surface area is 147 Å². The molecule has 0 aliphatic carbocycles. The van der Waals surface area contributed by atoms with Crippen LogP contribution in [0.25, 0.3) is 0 Å². The van der Waals surface area contributed by atoms with Crippen LogP contribution in [0.5, 0.6) is 5.75 Å². The van der Waals surface area contributed by atoms with E-state index in [0.29, 0.717) is 28.2 Å². The SMILES string of the molecule is O=C(O)c1csc(Nc2cc(Cl)ccc2OCc2ccccc2)n1. The number of rotatable bonds is 6. The predicted octanol–water partition coefficient (Wildman–Crippen LogP) is 4.82. The van der Waals surface area contributed by atoms with Crippen LogP contribution in [0.15, 0.2) is 53.9 Å². The van der Waals surface area contributed by atoms with Crippen molar-refractivity contribution in [2.24, 2.45) is 0 Å². The zero-order chi connectivity index (χ0) is 16.9. The topological polar surface area (TPSA) is 71.5 Å². The molecule has 0 aliphatic heterocycles. The van der Waals surface area contributed by atoms with Gasteiger partial charge >= 0.3 is 5.97 Å². The molecule has 0 bridgehead atoms.